The van der Waals surface area contributed by atoms with E-state index in [1.165, 1.54) is 39.0 Å². The lowest BCUT2D eigenvalue weighted by molar-refractivity contribution is -0.0124. The Morgan fingerprint density at radius 3 is 2.00 bits per heavy atom. The third-order valence-corrected chi connectivity index (χ3v) is 4.75. The normalized spacial score (nSPS) is 32.8. The van der Waals surface area contributed by atoms with Crippen LogP contribution in [-0.4, -0.2) is 72.6 Å². The fourth-order valence-electron chi connectivity index (χ4n) is 2.91. The van der Waals surface area contributed by atoms with Gasteiger partial charge < -0.3 is 4.90 Å². The van der Waals surface area contributed by atoms with Crippen LogP contribution in [0.25, 0.3) is 0 Å². The van der Waals surface area contributed by atoms with Crippen LogP contribution in [0.2, 0.25) is 0 Å². The van der Waals surface area contributed by atoms with Crippen LogP contribution in [0.3, 0.4) is 0 Å². The van der Waals surface area contributed by atoms with Gasteiger partial charge in [-0.2, -0.15) is 0 Å². The molecule has 0 atom stereocenters. The molecule has 2 aliphatic rings. The zero-order valence-corrected chi connectivity index (χ0v) is 12.2. The first kappa shape index (κ1) is 13.3. The first-order chi connectivity index (χ1) is 7.88. The van der Waals surface area contributed by atoms with Crippen LogP contribution < -0.4 is 0 Å². The Kier molecular flexibility index (Phi) is 3.81. The average Bonchev–Trinajstić information content (AvgIpc) is 2.17. The molecule has 3 heteroatoms. The second-order valence-corrected chi connectivity index (χ2v) is 6.90. The van der Waals surface area contributed by atoms with E-state index >= 15 is 0 Å². The summed E-state index contributed by atoms with van der Waals surface area (Å²) in [7, 11) is 4.51. The highest BCUT2D eigenvalue weighted by Gasteiger charge is 2.39. The van der Waals surface area contributed by atoms with E-state index in [-0.39, 0.29) is 0 Å². The van der Waals surface area contributed by atoms with E-state index in [1.54, 1.807) is 0 Å². The minimum Gasteiger partial charge on any atom is -0.304 e. The maximum atomic E-state index is 2.70. The Morgan fingerprint density at radius 2 is 1.53 bits per heavy atom. The van der Waals surface area contributed by atoms with Crippen LogP contribution >= 0.6 is 0 Å². The summed E-state index contributed by atoms with van der Waals surface area (Å²) in [5, 5.41) is 0. The number of piperazine rings is 1. The van der Waals surface area contributed by atoms with Crippen molar-refractivity contribution in [3.63, 3.8) is 0 Å². The van der Waals surface area contributed by atoms with Gasteiger partial charge in [0.15, 0.2) is 0 Å². The summed E-state index contributed by atoms with van der Waals surface area (Å²) in [5.41, 5.74) is 0.317. The van der Waals surface area contributed by atoms with Crippen molar-refractivity contribution in [3.05, 3.63) is 0 Å². The molecular formula is C14H29N3. The summed E-state index contributed by atoms with van der Waals surface area (Å²) in [4.78, 5) is 7.69. The topological polar surface area (TPSA) is 9.72 Å². The minimum atomic E-state index is 0.317. The fraction of sp³-hybridized carbons (Fsp3) is 1.00. The van der Waals surface area contributed by atoms with E-state index in [4.69, 9.17) is 0 Å². The largest absolute Gasteiger partial charge is 0.304 e. The molecule has 1 saturated carbocycles. The Morgan fingerprint density at radius 1 is 1.00 bits per heavy atom. The molecular weight excluding hydrogens is 210 g/mol. The van der Waals surface area contributed by atoms with Gasteiger partial charge in [-0.05, 0) is 47.7 Å². The van der Waals surface area contributed by atoms with E-state index in [0.717, 1.165) is 12.1 Å². The quantitative estimate of drug-likeness (QED) is 0.723. The zero-order valence-electron chi connectivity index (χ0n) is 12.2. The number of hydrogen-bond acceptors (Lipinski definition) is 3. The molecule has 2 rings (SSSR count). The van der Waals surface area contributed by atoms with Crippen LogP contribution in [0.15, 0.2) is 0 Å². The molecule has 0 bridgehead atoms. The highest BCUT2D eigenvalue weighted by Crippen LogP contribution is 2.33. The second-order valence-electron chi connectivity index (χ2n) is 6.90. The predicted octanol–water partition coefficient (Wildman–Crippen LogP) is 1.50. The van der Waals surface area contributed by atoms with Crippen LogP contribution in [0, 0.1) is 0 Å². The van der Waals surface area contributed by atoms with Crippen molar-refractivity contribution in [3.8, 4) is 0 Å². The van der Waals surface area contributed by atoms with E-state index < -0.39 is 0 Å². The van der Waals surface area contributed by atoms with Crippen molar-refractivity contribution in [1.82, 2.24) is 14.7 Å². The SMILES string of the molecule is CN1CCN(C2CC(N(C)C(C)(C)C)C2)CC1. The van der Waals surface area contributed by atoms with Gasteiger partial charge in [0.25, 0.3) is 0 Å². The van der Waals surface area contributed by atoms with Crippen molar-refractivity contribution >= 4 is 0 Å². The molecule has 1 aliphatic carbocycles. The van der Waals surface area contributed by atoms with Gasteiger partial charge in [0.2, 0.25) is 0 Å². The summed E-state index contributed by atoms with van der Waals surface area (Å²) < 4.78 is 0. The maximum Gasteiger partial charge on any atom is 0.0127 e. The minimum absolute atomic E-state index is 0.317. The van der Waals surface area contributed by atoms with E-state index in [0.29, 0.717) is 5.54 Å². The molecule has 0 aromatic carbocycles. The molecule has 0 aromatic rings. The van der Waals surface area contributed by atoms with Crippen molar-refractivity contribution in [1.29, 1.82) is 0 Å². The molecule has 0 N–H and O–H groups in total. The molecule has 1 aliphatic heterocycles. The number of likely N-dealkylation sites (N-methyl/N-ethyl adjacent to an activating group) is 1. The highest BCUT2D eigenvalue weighted by molar-refractivity contribution is 4.96. The summed E-state index contributed by atoms with van der Waals surface area (Å²) in [6, 6.07) is 1.66. The zero-order chi connectivity index (χ0) is 12.6. The van der Waals surface area contributed by atoms with Crippen molar-refractivity contribution in [2.24, 2.45) is 0 Å². The number of nitrogens with zero attached hydrogens (tertiary/aromatic N) is 3. The van der Waals surface area contributed by atoms with E-state index in [2.05, 4.69) is 49.6 Å². The third-order valence-electron chi connectivity index (χ3n) is 4.75. The molecule has 0 unspecified atom stereocenters. The molecule has 0 aromatic heterocycles. The molecule has 100 valence electrons. The summed E-state index contributed by atoms with van der Waals surface area (Å²) in [6.45, 7) is 12.0. The standard InChI is InChI=1S/C14H29N3/c1-14(2,3)16(5)12-10-13(11-12)17-8-6-15(4)7-9-17/h12-13H,6-11H2,1-5H3. The van der Waals surface area contributed by atoms with Gasteiger partial charge in [-0.25, -0.2) is 0 Å². The summed E-state index contributed by atoms with van der Waals surface area (Å²) in [6.07, 6.45) is 2.75. The van der Waals surface area contributed by atoms with E-state index in [9.17, 15) is 0 Å². The van der Waals surface area contributed by atoms with Crippen LogP contribution in [-0.2, 0) is 0 Å². The lowest BCUT2D eigenvalue weighted by Gasteiger charge is -2.51. The molecule has 0 amide bonds. The van der Waals surface area contributed by atoms with Gasteiger partial charge in [0.05, 0.1) is 0 Å². The monoisotopic (exact) mass is 239 g/mol. The van der Waals surface area contributed by atoms with Crippen molar-refractivity contribution in [2.45, 2.75) is 51.2 Å². The summed E-state index contributed by atoms with van der Waals surface area (Å²) >= 11 is 0. The Hall–Kier alpha value is -0.120. The first-order valence-electron chi connectivity index (χ1n) is 7.03. The molecule has 1 saturated heterocycles. The fourth-order valence-corrected chi connectivity index (χ4v) is 2.91. The predicted molar refractivity (Wildman–Crippen MR) is 73.4 cm³/mol. The third kappa shape index (κ3) is 3.01. The molecule has 3 nitrogen and oxygen atoms in total. The smallest absolute Gasteiger partial charge is 0.0127 e. The maximum absolute atomic E-state index is 2.70. The van der Waals surface area contributed by atoms with Gasteiger partial charge in [0, 0.05) is 43.8 Å². The average molecular weight is 239 g/mol. The molecule has 1 heterocycles. The molecule has 17 heavy (non-hydrogen) atoms. The van der Waals surface area contributed by atoms with E-state index in [1.807, 2.05) is 0 Å². The Bertz CT molecular complexity index is 245. The lowest BCUT2D eigenvalue weighted by Crippen LogP contribution is -2.60. The van der Waals surface area contributed by atoms with Crippen LogP contribution in [0.5, 0.6) is 0 Å². The van der Waals surface area contributed by atoms with Gasteiger partial charge in [0.1, 0.15) is 0 Å². The highest BCUT2D eigenvalue weighted by atomic mass is 15.3. The molecule has 0 spiro atoms. The van der Waals surface area contributed by atoms with Crippen LogP contribution in [0.4, 0.5) is 0 Å². The van der Waals surface area contributed by atoms with Gasteiger partial charge in [-0.15, -0.1) is 0 Å². The van der Waals surface area contributed by atoms with Gasteiger partial charge in [-0.1, -0.05) is 0 Å². The first-order valence-corrected chi connectivity index (χ1v) is 7.03. The lowest BCUT2D eigenvalue weighted by atomic mass is 9.82. The van der Waals surface area contributed by atoms with Gasteiger partial charge >= 0.3 is 0 Å². The number of hydrogen-bond donors (Lipinski definition) is 0. The molecule has 0 radical (unpaired) electrons. The number of rotatable bonds is 2. The second kappa shape index (κ2) is 4.87. The van der Waals surface area contributed by atoms with Crippen LogP contribution in [0.1, 0.15) is 33.6 Å². The Labute approximate surface area is 107 Å². The van der Waals surface area contributed by atoms with Crippen molar-refractivity contribution in [2.75, 3.05) is 40.3 Å². The van der Waals surface area contributed by atoms with Crippen molar-refractivity contribution < 1.29 is 0 Å². The molecule has 2 fully saturated rings. The summed E-state index contributed by atoms with van der Waals surface area (Å²) in [5.74, 6) is 0. The van der Waals surface area contributed by atoms with Gasteiger partial charge in [-0.3, -0.25) is 9.80 Å². The Balaban J connectivity index is 1.75.